The first-order chi connectivity index (χ1) is 12.4. The van der Waals surface area contributed by atoms with E-state index in [4.69, 9.17) is 16.3 Å². The highest BCUT2D eigenvalue weighted by molar-refractivity contribution is 6.32. The van der Waals surface area contributed by atoms with Gasteiger partial charge in [-0.05, 0) is 42.0 Å². The van der Waals surface area contributed by atoms with E-state index in [-0.39, 0.29) is 28.5 Å². The van der Waals surface area contributed by atoms with E-state index in [1.165, 1.54) is 6.07 Å². The second-order valence-electron chi connectivity index (χ2n) is 5.37. The average molecular weight is 410 g/mol. The SMILES string of the molecule is BCc1cc(Oc2ccc(C(F)(F)F)cc2)c(Cl)cc1NC(=O)C(F)(F)F. The minimum atomic E-state index is -5.06. The van der Waals surface area contributed by atoms with Crippen molar-refractivity contribution in [2.75, 3.05) is 5.32 Å². The number of hydrogen-bond donors (Lipinski definition) is 1. The molecule has 0 saturated heterocycles. The van der Waals surface area contributed by atoms with E-state index in [2.05, 4.69) is 0 Å². The van der Waals surface area contributed by atoms with Crippen LogP contribution in [0.15, 0.2) is 36.4 Å². The smallest absolute Gasteiger partial charge is 0.456 e. The molecule has 0 aromatic heterocycles. The third-order valence-electron chi connectivity index (χ3n) is 3.45. The predicted octanol–water partition coefficient (Wildman–Crippen LogP) is 4.79. The van der Waals surface area contributed by atoms with Crippen LogP contribution < -0.4 is 10.1 Å². The Labute approximate surface area is 155 Å². The Balaban J connectivity index is 2.27. The second-order valence-corrected chi connectivity index (χ2v) is 5.78. The monoisotopic (exact) mass is 409 g/mol. The van der Waals surface area contributed by atoms with Gasteiger partial charge in [0.2, 0.25) is 0 Å². The van der Waals surface area contributed by atoms with E-state index in [9.17, 15) is 31.1 Å². The second kappa shape index (κ2) is 7.71. The van der Waals surface area contributed by atoms with Gasteiger partial charge in [-0.2, -0.15) is 26.3 Å². The Hall–Kier alpha value is -2.36. The fraction of sp³-hybridized carbons (Fsp3) is 0.188. The van der Waals surface area contributed by atoms with E-state index < -0.39 is 23.8 Å². The number of amides is 1. The molecule has 0 unspecified atom stereocenters. The van der Waals surface area contributed by atoms with Gasteiger partial charge in [0.1, 0.15) is 19.3 Å². The van der Waals surface area contributed by atoms with Crippen molar-refractivity contribution in [2.45, 2.75) is 18.7 Å². The summed E-state index contributed by atoms with van der Waals surface area (Å²) in [7, 11) is 1.63. The summed E-state index contributed by atoms with van der Waals surface area (Å²) >= 11 is 5.97. The molecule has 1 N–H and O–H groups in total. The zero-order valence-electron chi connectivity index (χ0n) is 13.6. The van der Waals surface area contributed by atoms with Gasteiger partial charge in [-0.1, -0.05) is 17.9 Å². The summed E-state index contributed by atoms with van der Waals surface area (Å²) in [4.78, 5) is 11.1. The van der Waals surface area contributed by atoms with Crippen LogP contribution in [0.25, 0.3) is 0 Å². The van der Waals surface area contributed by atoms with Gasteiger partial charge in [0.25, 0.3) is 0 Å². The van der Waals surface area contributed by atoms with Crippen LogP contribution >= 0.6 is 11.6 Å². The van der Waals surface area contributed by atoms with E-state index in [0.717, 1.165) is 30.3 Å². The van der Waals surface area contributed by atoms with Gasteiger partial charge in [0, 0.05) is 5.69 Å². The summed E-state index contributed by atoms with van der Waals surface area (Å²) in [5.74, 6) is -2.07. The molecular formula is C16H11BClF6NO2. The molecule has 0 aliphatic heterocycles. The number of halogens is 7. The number of nitrogens with one attached hydrogen (secondary N) is 1. The molecule has 1 amide bonds. The van der Waals surface area contributed by atoms with Crippen molar-refractivity contribution in [3.05, 3.63) is 52.5 Å². The normalized spacial score (nSPS) is 12.0. The van der Waals surface area contributed by atoms with Crippen molar-refractivity contribution < 1.29 is 35.9 Å². The van der Waals surface area contributed by atoms with Gasteiger partial charge < -0.3 is 10.1 Å². The topological polar surface area (TPSA) is 38.3 Å². The van der Waals surface area contributed by atoms with Crippen LogP contribution in [-0.2, 0) is 17.3 Å². The van der Waals surface area contributed by atoms with E-state index in [0.29, 0.717) is 5.56 Å². The standard InChI is InChI=1S/C16H11BClF6NO2/c17-7-8-5-13(11(18)6-12(8)25-14(26)16(22,23)24)27-10-3-1-9(2-4-10)15(19,20)21/h1-6H,7,17H2,(H,25,26). The minimum absolute atomic E-state index is 0.0262. The van der Waals surface area contributed by atoms with Crippen LogP contribution in [0.1, 0.15) is 11.1 Å². The van der Waals surface area contributed by atoms with Gasteiger partial charge in [-0.3, -0.25) is 4.79 Å². The van der Waals surface area contributed by atoms with Crippen LogP contribution in [-0.4, -0.2) is 19.9 Å². The summed E-state index contributed by atoms with van der Waals surface area (Å²) in [6.45, 7) is 0. The molecule has 2 aromatic rings. The van der Waals surface area contributed by atoms with Crippen LogP contribution in [0, 0.1) is 0 Å². The molecule has 144 valence electrons. The van der Waals surface area contributed by atoms with Crippen LogP contribution in [0.4, 0.5) is 32.0 Å². The zero-order chi connectivity index (χ0) is 20.4. The van der Waals surface area contributed by atoms with Crippen LogP contribution in [0.3, 0.4) is 0 Å². The van der Waals surface area contributed by atoms with Crippen LogP contribution in [0.2, 0.25) is 5.02 Å². The highest BCUT2D eigenvalue weighted by Gasteiger charge is 2.39. The number of ether oxygens (including phenoxy) is 1. The Bertz CT molecular complexity index is 837. The lowest BCUT2D eigenvalue weighted by Crippen LogP contribution is -2.30. The molecule has 0 aliphatic carbocycles. The highest BCUT2D eigenvalue weighted by atomic mass is 35.5. The average Bonchev–Trinajstić information content (AvgIpc) is 2.56. The quantitative estimate of drug-likeness (QED) is 0.583. The molecule has 0 heterocycles. The first-order valence-electron chi connectivity index (χ1n) is 7.47. The molecule has 27 heavy (non-hydrogen) atoms. The molecule has 2 rings (SSSR count). The molecule has 0 fully saturated rings. The van der Waals surface area contributed by atoms with Gasteiger partial charge >= 0.3 is 18.3 Å². The third kappa shape index (κ3) is 5.32. The summed E-state index contributed by atoms with van der Waals surface area (Å²) in [6.07, 6.45) is -9.31. The molecule has 0 aliphatic rings. The summed E-state index contributed by atoms with van der Waals surface area (Å²) < 4.78 is 80.3. The molecule has 0 radical (unpaired) electrons. The maximum atomic E-state index is 12.6. The minimum Gasteiger partial charge on any atom is -0.456 e. The number of benzene rings is 2. The molecule has 3 nitrogen and oxygen atoms in total. The maximum Gasteiger partial charge on any atom is 0.471 e. The molecule has 2 aromatic carbocycles. The summed E-state index contributed by atoms with van der Waals surface area (Å²) in [5, 5.41) is 1.61. The van der Waals surface area contributed by atoms with Gasteiger partial charge in [-0.15, -0.1) is 0 Å². The van der Waals surface area contributed by atoms with E-state index in [1.807, 2.05) is 0 Å². The van der Waals surface area contributed by atoms with Gasteiger partial charge in [-0.25, -0.2) is 0 Å². The largest absolute Gasteiger partial charge is 0.471 e. The molecule has 0 atom stereocenters. The summed E-state index contributed by atoms with van der Waals surface area (Å²) in [6, 6.07) is 6.22. The molecular weight excluding hydrogens is 398 g/mol. The fourth-order valence-electron chi connectivity index (χ4n) is 2.11. The molecule has 0 bridgehead atoms. The Morgan fingerprint density at radius 2 is 1.67 bits per heavy atom. The number of hydrogen-bond acceptors (Lipinski definition) is 2. The maximum absolute atomic E-state index is 12.6. The number of carbonyl (C=O) groups is 1. The molecule has 0 saturated carbocycles. The molecule has 0 spiro atoms. The van der Waals surface area contributed by atoms with E-state index in [1.54, 1.807) is 13.2 Å². The van der Waals surface area contributed by atoms with E-state index >= 15 is 0 Å². The predicted molar refractivity (Wildman–Crippen MR) is 89.9 cm³/mol. The lowest BCUT2D eigenvalue weighted by Gasteiger charge is -2.15. The van der Waals surface area contributed by atoms with Crippen molar-refractivity contribution in [2.24, 2.45) is 0 Å². The molecule has 11 heteroatoms. The highest BCUT2D eigenvalue weighted by Crippen LogP contribution is 2.36. The lowest BCUT2D eigenvalue weighted by molar-refractivity contribution is -0.167. The van der Waals surface area contributed by atoms with Gasteiger partial charge in [0.05, 0.1) is 10.6 Å². The Morgan fingerprint density at radius 1 is 1.07 bits per heavy atom. The zero-order valence-corrected chi connectivity index (χ0v) is 14.4. The Morgan fingerprint density at radius 3 is 2.15 bits per heavy atom. The number of rotatable bonds is 4. The third-order valence-corrected chi connectivity index (χ3v) is 3.75. The fourth-order valence-corrected chi connectivity index (χ4v) is 2.32. The van der Waals surface area contributed by atoms with Crippen molar-refractivity contribution in [3.8, 4) is 11.5 Å². The van der Waals surface area contributed by atoms with Crippen molar-refractivity contribution in [1.82, 2.24) is 0 Å². The Kier molecular flexibility index (Phi) is 5.99. The number of anilines is 1. The van der Waals surface area contributed by atoms with Crippen molar-refractivity contribution in [3.63, 3.8) is 0 Å². The van der Waals surface area contributed by atoms with Crippen LogP contribution in [0.5, 0.6) is 11.5 Å². The van der Waals surface area contributed by atoms with Crippen molar-refractivity contribution in [1.29, 1.82) is 0 Å². The van der Waals surface area contributed by atoms with Gasteiger partial charge in [0.15, 0.2) is 0 Å². The number of alkyl halides is 6. The lowest BCUT2D eigenvalue weighted by atomic mass is 9.95. The number of carbonyl (C=O) groups excluding carboxylic acids is 1. The first kappa shape index (κ1) is 21.0. The first-order valence-corrected chi connectivity index (χ1v) is 7.85. The van der Waals surface area contributed by atoms with Crippen molar-refractivity contribution >= 4 is 31.0 Å². The summed E-state index contributed by atoms with van der Waals surface area (Å²) in [5.41, 5.74) is -0.691.